The number of aryl methyl sites for hydroxylation is 1. The molecule has 1 aromatic heterocycles. The monoisotopic (exact) mass is 392 g/mol. The maximum absolute atomic E-state index is 13.5. The largest absolute Gasteiger partial charge is 0.497 e. The molecule has 0 fully saturated rings. The predicted octanol–water partition coefficient (Wildman–Crippen LogP) is 3.22. The van der Waals surface area contributed by atoms with Gasteiger partial charge in [-0.2, -0.15) is 0 Å². The first-order chi connectivity index (χ1) is 13.9. The summed E-state index contributed by atoms with van der Waals surface area (Å²) in [5, 5.41) is 0.499. The van der Waals surface area contributed by atoms with Crippen LogP contribution < -0.4 is 10.2 Å². The molecule has 0 unspecified atom stereocenters. The van der Waals surface area contributed by atoms with E-state index in [0.29, 0.717) is 35.4 Å². The number of hydrogen-bond acceptors (Lipinski definition) is 5. The number of benzene rings is 2. The number of nitrogens with zero attached hydrogens (tertiary/aromatic N) is 2. The van der Waals surface area contributed by atoms with E-state index in [2.05, 4.69) is 0 Å². The highest BCUT2D eigenvalue weighted by molar-refractivity contribution is 5.99. The fourth-order valence-electron chi connectivity index (χ4n) is 3.83. The minimum Gasteiger partial charge on any atom is -0.497 e. The lowest BCUT2D eigenvalue weighted by Crippen LogP contribution is -2.35. The summed E-state index contributed by atoms with van der Waals surface area (Å²) >= 11 is 0. The van der Waals surface area contributed by atoms with Gasteiger partial charge >= 0.3 is 0 Å². The first kappa shape index (κ1) is 19.2. The van der Waals surface area contributed by atoms with Crippen molar-refractivity contribution in [3.8, 4) is 5.75 Å². The van der Waals surface area contributed by atoms with Crippen LogP contribution in [0.15, 0.2) is 51.7 Å². The van der Waals surface area contributed by atoms with E-state index in [9.17, 15) is 9.59 Å². The van der Waals surface area contributed by atoms with Crippen molar-refractivity contribution in [3.05, 3.63) is 75.1 Å². The number of ether oxygens (including phenoxy) is 1. The van der Waals surface area contributed by atoms with Crippen molar-refractivity contribution in [2.75, 3.05) is 34.3 Å². The smallest absolute Gasteiger partial charge is 0.290 e. The molecule has 1 aliphatic rings. The van der Waals surface area contributed by atoms with Crippen LogP contribution in [0.5, 0.6) is 5.75 Å². The van der Waals surface area contributed by atoms with Crippen LogP contribution in [0, 0.1) is 6.92 Å². The van der Waals surface area contributed by atoms with E-state index >= 15 is 0 Å². The predicted molar refractivity (Wildman–Crippen MR) is 112 cm³/mol. The summed E-state index contributed by atoms with van der Waals surface area (Å²) in [7, 11) is 5.50. The van der Waals surface area contributed by atoms with Crippen LogP contribution in [0.1, 0.15) is 33.3 Å². The van der Waals surface area contributed by atoms with Crippen LogP contribution >= 0.6 is 0 Å². The van der Waals surface area contributed by atoms with Crippen LogP contribution in [-0.4, -0.2) is 50.0 Å². The third-order valence-corrected chi connectivity index (χ3v) is 5.32. The van der Waals surface area contributed by atoms with E-state index in [1.165, 1.54) is 0 Å². The third-order valence-electron chi connectivity index (χ3n) is 5.32. The number of amides is 1. The number of carbonyl (C=O) groups is 1. The second-order valence-corrected chi connectivity index (χ2v) is 7.65. The summed E-state index contributed by atoms with van der Waals surface area (Å²) in [6.45, 7) is 3.08. The second kappa shape index (κ2) is 7.37. The van der Waals surface area contributed by atoms with Gasteiger partial charge in [0.15, 0.2) is 5.43 Å². The quantitative estimate of drug-likeness (QED) is 0.667. The minimum absolute atomic E-state index is 0.137. The van der Waals surface area contributed by atoms with Gasteiger partial charge in [-0.3, -0.25) is 9.59 Å². The maximum Gasteiger partial charge on any atom is 0.290 e. The summed E-state index contributed by atoms with van der Waals surface area (Å²) in [6, 6.07) is 12.4. The molecule has 0 saturated carbocycles. The van der Waals surface area contributed by atoms with Crippen LogP contribution in [0.2, 0.25) is 0 Å². The molecule has 29 heavy (non-hydrogen) atoms. The van der Waals surface area contributed by atoms with Crippen molar-refractivity contribution in [1.82, 2.24) is 9.80 Å². The summed E-state index contributed by atoms with van der Waals surface area (Å²) in [5.74, 6) is 0.559. The fourth-order valence-corrected chi connectivity index (χ4v) is 3.83. The highest BCUT2D eigenvalue weighted by atomic mass is 16.5. The Kier molecular flexibility index (Phi) is 4.88. The Morgan fingerprint density at radius 3 is 2.66 bits per heavy atom. The summed E-state index contributed by atoms with van der Waals surface area (Å²) in [4.78, 5) is 30.4. The Morgan fingerprint density at radius 1 is 1.14 bits per heavy atom. The van der Waals surface area contributed by atoms with E-state index in [-0.39, 0.29) is 17.1 Å². The first-order valence-electron chi connectivity index (χ1n) is 9.57. The number of rotatable bonds is 5. The van der Waals surface area contributed by atoms with Crippen molar-refractivity contribution in [1.29, 1.82) is 0 Å². The molecule has 4 rings (SSSR count). The summed E-state index contributed by atoms with van der Waals surface area (Å²) in [5.41, 5.74) is 2.48. The molecule has 6 heteroatoms. The number of likely N-dealkylation sites (N-methyl/N-ethyl adjacent to an activating group) is 1. The SMILES string of the molecule is COc1cccc([C@H]2c3c(oc4ccc(C)cc4c3=O)C(=O)N2CCN(C)C)c1. The lowest BCUT2D eigenvalue weighted by atomic mass is 9.98. The van der Waals surface area contributed by atoms with Gasteiger partial charge in [0.05, 0.1) is 24.1 Å². The molecule has 0 aliphatic carbocycles. The Labute approximate surface area is 169 Å². The van der Waals surface area contributed by atoms with Crippen molar-refractivity contribution in [2.24, 2.45) is 0 Å². The van der Waals surface area contributed by atoms with Gasteiger partial charge in [0.2, 0.25) is 5.76 Å². The highest BCUT2D eigenvalue weighted by Crippen LogP contribution is 2.38. The Balaban J connectivity index is 1.95. The Bertz CT molecular complexity index is 1150. The molecular formula is C23H24N2O4. The molecule has 1 aliphatic heterocycles. The van der Waals surface area contributed by atoms with Crippen molar-refractivity contribution >= 4 is 16.9 Å². The zero-order chi connectivity index (χ0) is 20.7. The summed E-state index contributed by atoms with van der Waals surface area (Å²) in [6.07, 6.45) is 0. The van der Waals surface area contributed by atoms with Crippen LogP contribution in [0.3, 0.4) is 0 Å². The third kappa shape index (κ3) is 3.29. The molecule has 2 heterocycles. The number of fused-ring (bicyclic) bond motifs is 2. The first-order valence-corrected chi connectivity index (χ1v) is 9.57. The van der Waals surface area contributed by atoms with Gasteiger partial charge in [0, 0.05) is 13.1 Å². The van der Waals surface area contributed by atoms with Crippen LogP contribution in [0.25, 0.3) is 11.0 Å². The van der Waals surface area contributed by atoms with E-state index in [1.54, 1.807) is 18.1 Å². The fraction of sp³-hybridized carbons (Fsp3) is 0.304. The average molecular weight is 392 g/mol. The van der Waals surface area contributed by atoms with Gasteiger partial charge in [-0.05, 0) is 50.8 Å². The molecule has 6 nitrogen and oxygen atoms in total. The van der Waals surface area contributed by atoms with E-state index in [4.69, 9.17) is 9.15 Å². The van der Waals surface area contributed by atoms with E-state index in [0.717, 1.165) is 11.1 Å². The molecule has 0 N–H and O–H groups in total. The zero-order valence-electron chi connectivity index (χ0n) is 17.1. The van der Waals surface area contributed by atoms with Gasteiger partial charge in [-0.15, -0.1) is 0 Å². The minimum atomic E-state index is -0.506. The van der Waals surface area contributed by atoms with Gasteiger partial charge in [0.25, 0.3) is 5.91 Å². The van der Waals surface area contributed by atoms with Crippen molar-refractivity contribution in [3.63, 3.8) is 0 Å². The molecular weight excluding hydrogens is 368 g/mol. The van der Waals surface area contributed by atoms with Crippen LogP contribution in [-0.2, 0) is 0 Å². The molecule has 150 valence electrons. The number of methoxy groups -OCH3 is 1. The topological polar surface area (TPSA) is 63.0 Å². The van der Waals surface area contributed by atoms with Gasteiger partial charge in [-0.25, -0.2) is 0 Å². The Hall–Kier alpha value is -3.12. The standard InChI is InChI=1S/C23H24N2O4/c1-14-8-9-18-17(12-14)21(26)19-20(15-6-5-7-16(13-15)28-4)25(11-10-24(2)3)23(27)22(19)29-18/h5-9,12-13,20H,10-11H2,1-4H3/t20-/m0/s1. The lowest BCUT2D eigenvalue weighted by Gasteiger charge is -2.26. The van der Waals surface area contributed by atoms with Crippen LogP contribution in [0.4, 0.5) is 0 Å². The molecule has 0 spiro atoms. The molecule has 1 atom stereocenters. The lowest BCUT2D eigenvalue weighted by molar-refractivity contribution is 0.0716. The second-order valence-electron chi connectivity index (χ2n) is 7.65. The zero-order valence-corrected chi connectivity index (χ0v) is 17.1. The van der Waals surface area contributed by atoms with Gasteiger partial charge in [0.1, 0.15) is 11.3 Å². The molecule has 0 bridgehead atoms. The average Bonchev–Trinajstić information content (AvgIpc) is 2.99. The normalized spacial score (nSPS) is 16.0. The van der Waals surface area contributed by atoms with E-state index < -0.39 is 6.04 Å². The molecule has 1 amide bonds. The van der Waals surface area contributed by atoms with Crippen molar-refractivity contribution < 1.29 is 13.9 Å². The number of carbonyl (C=O) groups excluding carboxylic acids is 1. The Morgan fingerprint density at radius 2 is 1.93 bits per heavy atom. The van der Waals surface area contributed by atoms with Gasteiger partial charge < -0.3 is 19.0 Å². The molecule has 0 radical (unpaired) electrons. The molecule has 2 aromatic carbocycles. The van der Waals surface area contributed by atoms with Gasteiger partial charge in [-0.1, -0.05) is 23.8 Å². The molecule has 0 saturated heterocycles. The number of hydrogen-bond donors (Lipinski definition) is 0. The molecule has 3 aromatic rings. The highest BCUT2D eigenvalue weighted by Gasteiger charge is 2.42. The maximum atomic E-state index is 13.5. The summed E-state index contributed by atoms with van der Waals surface area (Å²) < 4.78 is 11.3. The van der Waals surface area contributed by atoms with E-state index in [1.807, 2.05) is 62.3 Å². The van der Waals surface area contributed by atoms with Crippen molar-refractivity contribution in [2.45, 2.75) is 13.0 Å².